The molecule has 1 fully saturated rings. The molecule has 2 aromatic heterocycles. The minimum absolute atomic E-state index is 0.208. The Kier molecular flexibility index (Phi) is 6.02. The van der Waals surface area contributed by atoms with Crippen molar-refractivity contribution in [2.45, 2.75) is 26.2 Å². The number of amides is 1. The van der Waals surface area contributed by atoms with Crippen molar-refractivity contribution in [2.75, 3.05) is 39.4 Å². The highest BCUT2D eigenvalue weighted by atomic mass is 19.1. The Hall–Kier alpha value is -2.84. The summed E-state index contributed by atoms with van der Waals surface area (Å²) in [6.07, 6.45) is 0. The highest BCUT2D eigenvalue weighted by Crippen LogP contribution is 2.27. The van der Waals surface area contributed by atoms with Crippen LogP contribution in [0.5, 0.6) is 0 Å². The maximum absolute atomic E-state index is 14.6. The van der Waals surface area contributed by atoms with Crippen molar-refractivity contribution in [3.63, 3.8) is 0 Å². The number of nitrogens with zero attached hydrogens (tertiary/aromatic N) is 4. The number of halogens is 1. The van der Waals surface area contributed by atoms with E-state index < -0.39 is 0 Å². The first-order valence-electron chi connectivity index (χ1n) is 10.6. The number of carbonyl (C=O) groups is 1. The molecule has 1 saturated heterocycles. The van der Waals surface area contributed by atoms with Gasteiger partial charge in [-0.1, -0.05) is 32.9 Å². The molecular weight excluding hydrogens is 397 g/mol. The van der Waals surface area contributed by atoms with Crippen molar-refractivity contribution in [3.05, 3.63) is 53.6 Å². The topological polar surface area (TPSA) is 71.8 Å². The number of carbonyl (C=O) groups excluding carboxylic acids is 1. The smallest absolute Gasteiger partial charge is 0.270 e. The lowest BCUT2D eigenvalue weighted by atomic mass is 9.93. The second-order valence-electron chi connectivity index (χ2n) is 8.77. The average Bonchev–Trinajstić information content (AvgIpc) is 3.19. The Morgan fingerprint density at radius 2 is 1.94 bits per heavy atom. The van der Waals surface area contributed by atoms with Gasteiger partial charge in [0.2, 0.25) is 0 Å². The minimum atomic E-state index is -0.374. The van der Waals surface area contributed by atoms with E-state index >= 15 is 0 Å². The summed E-state index contributed by atoms with van der Waals surface area (Å²) in [4.78, 5) is 19.6. The molecule has 1 aliphatic heterocycles. The summed E-state index contributed by atoms with van der Waals surface area (Å²) in [5, 5.41) is 7.60. The molecule has 0 aliphatic carbocycles. The maximum Gasteiger partial charge on any atom is 0.270 e. The Bertz CT molecular complexity index is 1080. The van der Waals surface area contributed by atoms with Crippen LogP contribution in [-0.4, -0.2) is 64.8 Å². The van der Waals surface area contributed by atoms with Gasteiger partial charge in [-0.15, -0.1) is 0 Å². The Labute approximate surface area is 181 Å². The molecule has 0 bridgehead atoms. The van der Waals surface area contributed by atoms with Crippen molar-refractivity contribution in [1.29, 1.82) is 0 Å². The van der Waals surface area contributed by atoms with Crippen LogP contribution in [0.4, 0.5) is 4.39 Å². The van der Waals surface area contributed by atoms with Crippen molar-refractivity contribution in [3.8, 4) is 11.3 Å². The van der Waals surface area contributed by atoms with E-state index in [0.717, 1.165) is 38.5 Å². The van der Waals surface area contributed by atoms with E-state index in [1.165, 1.54) is 6.07 Å². The van der Waals surface area contributed by atoms with Crippen LogP contribution in [-0.2, 0) is 10.2 Å². The lowest BCUT2D eigenvalue weighted by Gasteiger charge is -2.26. The molecular formula is C23H28FN5O2. The van der Waals surface area contributed by atoms with Crippen LogP contribution >= 0.6 is 0 Å². The first-order chi connectivity index (χ1) is 14.8. The zero-order chi connectivity index (χ0) is 22.0. The largest absolute Gasteiger partial charge is 0.379 e. The summed E-state index contributed by atoms with van der Waals surface area (Å²) >= 11 is 0. The Morgan fingerprint density at radius 3 is 2.65 bits per heavy atom. The molecule has 31 heavy (non-hydrogen) atoms. The molecule has 0 spiro atoms. The minimum Gasteiger partial charge on any atom is -0.379 e. The number of morpholine rings is 1. The molecule has 0 radical (unpaired) electrons. The molecule has 7 nitrogen and oxygen atoms in total. The van der Waals surface area contributed by atoms with Gasteiger partial charge in [-0.05, 0) is 18.2 Å². The van der Waals surface area contributed by atoms with E-state index in [-0.39, 0.29) is 22.8 Å². The maximum atomic E-state index is 14.6. The normalized spacial score (nSPS) is 15.4. The fraction of sp³-hybridized carbons (Fsp3) is 0.435. The zero-order valence-corrected chi connectivity index (χ0v) is 18.2. The first kappa shape index (κ1) is 21.4. The lowest BCUT2D eigenvalue weighted by Crippen LogP contribution is -2.41. The van der Waals surface area contributed by atoms with Crippen LogP contribution in [0, 0.1) is 5.82 Å². The number of rotatable bonds is 5. The van der Waals surface area contributed by atoms with Crippen molar-refractivity contribution in [1.82, 2.24) is 24.8 Å². The van der Waals surface area contributed by atoms with Gasteiger partial charge in [-0.2, -0.15) is 5.10 Å². The molecule has 0 atom stereocenters. The third-order valence-corrected chi connectivity index (χ3v) is 5.40. The second kappa shape index (κ2) is 8.72. The molecule has 8 heteroatoms. The van der Waals surface area contributed by atoms with Crippen LogP contribution in [0.15, 0.2) is 36.4 Å². The average molecular weight is 426 g/mol. The molecule has 0 saturated carbocycles. The zero-order valence-electron chi connectivity index (χ0n) is 18.2. The number of hydrogen-bond donors (Lipinski definition) is 1. The molecule has 0 unspecified atom stereocenters. The van der Waals surface area contributed by atoms with Crippen molar-refractivity contribution in [2.24, 2.45) is 0 Å². The molecule has 4 rings (SSSR count). The predicted octanol–water partition coefficient (Wildman–Crippen LogP) is 2.89. The van der Waals surface area contributed by atoms with Gasteiger partial charge in [0, 0.05) is 43.2 Å². The van der Waals surface area contributed by atoms with Crippen LogP contribution in [0.3, 0.4) is 0 Å². The predicted molar refractivity (Wildman–Crippen MR) is 117 cm³/mol. The van der Waals surface area contributed by atoms with Gasteiger partial charge in [-0.25, -0.2) is 13.9 Å². The van der Waals surface area contributed by atoms with E-state index in [1.807, 2.05) is 6.07 Å². The third-order valence-electron chi connectivity index (χ3n) is 5.40. The molecule has 1 aromatic carbocycles. The SMILES string of the molecule is CC(C)(C)c1cc2nc(C(=O)NCCN3CCOCC3)cc(-c3ccccc3F)n2n1. The standard InChI is InChI=1S/C23H28FN5O2/c1-23(2,3)20-15-21-26-18(22(30)25-8-9-28-10-12-31-13-11-28)14-19(29(21)27-20)16-6-4-5-7-17(16)24/h4-7,14-15H,8-13H2,1-3H3,(H,25,30). The summed E-state index contributed by atoms with van der Waals surface area (Å²) in [6, 6.07) is 9.95. The first-order valence-corrected chi connectivity index (χ1v) is 10.6. The number of benzene rings is 1. The van der Waals surface area contributed by atoms with Crippen LogP contribution in [0.1, 0.15) is 37.0 Å². The van der Waals surface area contributed by atoms with E-state index in [4.69, 9.17) is 4.74 Å². The molecule has 3 aromatic rings. The summed E-state index contributed by atoms with van der Waals surface area (Å²) in [5.41, 5.74) is 2.25. The summed E-state index contributed by atoms with van der Waals surface area (Å²) in [5.74, 6) is -0.659. The number of hydrogen-bond acceptors (Lipinski definition) is 5. The van der Waals surface area contributed by atoms with E-state index in [0.29, 0.717) is 23.4 Å². The van der Waals surface area contributed by atoms with E-state index in [2.05, 4.69) is 41.1 Å². The fourth-order valence-electron chi connectivity index (χ4n) is 3.56. The van der Waals surface area contributed by atoms with Gasteiger partial charge >= 0.3 is 0 Å². The van der Waals surface area contributed by atoms with Gasteiger partial charge in [-0.3, -0.25) is 9.69 Å². The Balaban J connectivity index is 1.65. The summed E-state index contributed by atoms with van der Waals surface area (Å²) in [6.45, 7) is 10.6. The molecule has 1 N–H and O–H groups in total. The van der Waals surface area contributed by atoms with Gasteiger partial charge in [0.05, 0.1) is 24.6 Å². The molecule has 1 amide bonds. The van der Waals surface area contributed by atoms with Crippen molar-refractivity contribution < 1.29 is 13.9 Å². The van der Waals surface area contributed by atoms with Gasteiger partial charge in [0.15, 0.2) is 5.65 Å². The van der Waals surface area contributed by atoms with Crippen molar-refractivity contribution >= 4 is 11.6 Å². The molecule has 1 aliphatic rings. The number of fused-ring (bicyclic) bond motifs is 1. The highest BCUT2D eigenvalue weighted by molar-refractivity contribution is 5.94. The van der Waals surface area contributed by atoms with Crippen LogP contribution in [0.25, 0.3) is 16.9 Å². The Morgan fingerprint density at radius 1 is 1.19 bits per heavy atom. The fourth-order valence-corrected chi connectivity index (χ4v) is 3.56. The lowest BCUT2D eigenvalue weighted by molar-refractivity contribution is 0.0383. The van der Waals surface area contributed by atoms with Gasteiger partial charge in [0.1, 0.15) is 11.5 Å². The second-order valence-corrected chi connectivity index (χ2v) is 8.77. The summed E-state index contributed by atoms with van der Waals surface area (Å²) < 4.78 is 21.6. The monoisotopic (exact) mass is 425 g/mol. The van der Waals surface area contributed by atoms with E-state index in [9.17, 15) is 9.18 Å². The van der Waals surface area contributed by atoms with Gasteiger partial charge < -0.3 is 10.1 Å². The molecule has 164 valence electrons. The van der Waals surface area contributed by atoms with Gasteiger partial charge in [0.25, 0.3) is 5.91 Å². The summed E-state index contributed by atoms with van der Waals surface area (Å²) in [7, 11) is 0. The number of ether oxygens (including phenoxy) is 1. The van der Waals surface area contributed by atoms with Crippen LogP contribution < -0.4 is 5.32 Å². The molecule has 3 heterocycles. The number of aromatic nitrogens is 3. The quantitative estimate of drug-likeness (QED) is 0.681. The number of nitrogens with one attached hydrogen (secondary N) is 1. The highest BCUT2D eigenvalue weighted by Gasteiger charge is 2.22. The van der Waals surface area contributed by atoms with Crippen LogP contribution in [0.2, 0.25) is 0 Å². The van der Waals surface area contributed by atoms with E-state index in [1.54, 1.807) is 28.8 Å². The third kappa shape index (κ3) is 4.75.